The lowest BCUT2D eigenvalue weighted by atomic mass is 10.2. The van der Waals surface area contributed by atoms with Crippen molar-refractivity contribution in [1.82, 2.24) is 19.7 Å². The molecule has 0 saturated heterocycles. The SMILES string of the molecule is Cc1cccc(NC(=O)CSc2nnc(-c3cccnc3)n2C2CC2)c1. The Hall–Kier alpha value is -2.67. The summed E-state index contributed by atoms with van der Waals surface area (Å²) in [4.78, 5) is 16.4. The zero-order chi connectivity index (χ0) is 17.9. The number of hydrogen-bond acceptors (Lipinski definition) is 5. The molecule has 7 heteroatoms. The molecule has 2 aromatic heterocycles. The second-order valence-corrected chi connectivity index (χ2v) is 7.30. The van der Waals surface area contributed by atoms with Gasteiger partial charge in [0.2, 0.25) is 5.91 Å². The first-order valence-corrected chi connectivity index (χ1v) is 9.54. The number of thioether (sulfide) groups is 1. The number of carbonyl (C=O) groups excluding carboxylic acids is 1. The van der Waals surface area contributed by atoms with Crippen molar-refractivity contribution >= 4 is 23.4 Å². The van der Waals surface area contributed by atoms with E-state index in [0.717, 1.165) is 40.6 Å². The molecule has 0 radical (unpaired) electrons. The summed E-state index contributed by atoms with van der Waals surface area (Å²) in [6.07, 6.45) is 5.77. The van der Waals surface area contributed by atoms with Gasteiger partial charge in [0.05, 0.1) is 5.75 Å². The van der Waals surface area contributed by atoms with E-state index < -0.39 is 0 Å². The Labute approximate surface area is 156 Å². The van der Waals surface area contributed by atoms with E-state index in [-0.39, 0.29) is 5.91 Å². The molecular weight excluding hydrogens is 346 g/mol. The molecule has 1 amide bonds. The highest BCUT2D eigenvalue weighted by Gasteiger charge is 2.30. The zero-order valence-electron chi connectivity index (χ0n) is 14.4. The van der Waals surface area contributed by atoms with Crippen LogP contribution in [0.4, 0.5) is 5.69 Å². The third-order valence-corrected chi connectivity index (χ3v) is 5.07. The Morgan fingerprint density at radius 2 is 2.15 bits per heavy atom. The number of anilines is 1. The van der Waals surface area contributed by atoms with E-state index in [0.29, 0.717) is 11.8 Å². The molecule has 3 aromatic rings. The van der Waals surface area contributed by atoms with Crippen LogP contribution in [0.5, 0.6) is 0 Å². The largest absolute Gasteiger partial charge is 0.325 e. The third-order valence-electron chi connectivity index (χ3n) is 4.13. The molecular formula is C19H19N5OS. The first-order valence-electron chi connectivity index (χ1n) is 8.55. The van der Waals surface area contributed by atoms with E-state index in [2.05, 4.69) is 25.1 Å². The van der Waals surface area contributed by atoms with Gasteiger partial charge >= 0.3 is 0 Å². The average molecular weight is 365 g/mol. The molecule has 0 atom stereocenters. The van der Waals surface area contributed by atoms with Crippen LogP contribution in [0.25, 0.3) is 11.4 Å². The average Bonchev–Trinajstić information content (AvgIpc) is 3.40. The van der Waals surface area contributed by atoms with Crippen LogP contribution in [0.1, 0.15) is 24.4 Å². The van der Waals surface area contributed by atoms with Crippen molar-refractivity contribution in [3.63, 3.8) is 0 Å². The van der Waals surface area contributed by atoms with Gasteiger partial charge in [-0.3, -0.25) is 14.3 Å². The second-order valence-electron chi connectivity index (χ2n) is 6.36. The fourth-order valence-electron chi connectivity index (χ4n) is 2.78. The summed E-state index contributed by atoms with van der Waals surface area (Å²) in [6.45, 7) is 2.00. The molecule has 0 unspecified atom stereocenters. The summed E-state index contributed by atoms with van der Waals surface area (Å²) >= 11 is 1.42. The Kier molecular flexibility index (Phi) is 4.71. The predicted molar refractivity (Wildman–Crippen MR) is 102 cm³/mol. The fourth-order valence-corrected chi connectivity index (χ4v) is 3.58. The molecule has 1 N–H and O–H groups in total. The lowest BCUT2D eigenvalue weighted by Gasteiger charge is -2.09. The molecule has 2 heterocycles. The summed E-state index contributed by atoms with van der Waals surface area (Å²) in [6, 6.07) is 12.1. The van der Waals surface area contributed by atoms with E-state index in [1.54, 1.807) is 12.4 Å². The molecule has 1 aliphatic rings. The van der Waals surface area contributed by atoms with Gasteiger partial charge in [-0.15, -0.1) is 10.2 Å². The number of amides is 1. The normalized spacial score (nSPS) is 13.6. The second kappa shape index (κ2) is 7.29. The van der Waals surface area contributed by atoms with Gasteiger partial charge in [-0.25, -0.2) is 0 Å². The molecule has 6 nitrogen and oxygen atoms in total. The molecule has 0 spiro atoms. The van der Waals surface area contributed by atoms with Crippen molar-refractivity contribution < 1.29 is 4.79 Å². The molecule has 0 bridgehead atoms. The minimum atomic E-state index is -0.0473. The Balaban J connectivity index is 1.47. The maximum atomic E-state index is 12.3. The number of hydrogen-bond donors (Lipinski definition) is 1. The van der Waals surface area contributed by atoms with Crippen molar-refractivity contribution in [2.75, 3.05) is 11.1 Å². The minimum absolute atomic E-state index is 0.0473. The van der Waals surface area contributed by atoms with E-state index in [9.17, 15) is 4.79 Å². The van der Waals surface area contributed by atoms with Gasteiger partial charge in [-0.1, -0.05) is 23.9 Å². The van der Waals surface area contributed by atoms with E-state index in [4.69, 9.17) is 0 Å². The van der Waals surface area contributed by atoms with Gasteiger partial charge in [0, 0.05) is 29.7 Å². The van der Waals surface area contributed by atoms with Gasteiger partial charge in [-0.05, 0) is 49.6 Å². The zero-order valence-corrected chi connectivity index (χ0v) is 15.2. The molecule has 1 aromatic carbocycles. The molecule has 26 heavy (non-hydrogen) atoms. The molecule has 132 valence electrons. The van der Waals surface area contributed by atoms with Gasteiger partial charge in [0.25, 0.3) is 0 Å². The summed E-state index contributed by atoms with van der Waals surface area (Å²) in [5.41, 5.74) is 2.88. The molecule has 1 fully saturated rings. The number of nitrogens with zero attached hydrogens (tertiary/aromatic N) is 4. The van der Waals surface area contributed by atoms with Crippen LogP contribution in [0.2, 0.25) is 0 Å². The molecule has 4 rings (SSSR count). The summed E-state index contributed by atoms with van der Waals surface area (Å²) in [7, 11) is 0. The number of carbonyl (C=O) groups is 1. The Bertz CT molecular complexity index is 921. The lowest BCUT2D eigenvalue weighted by Crippen LogP contribution is -2.14. The number of rotatable bonds is 6. The Morgan fingerprint density at radius 3 is 2.88 bits per heavy atom. The van der Waals surface area contributed by atoms with Crippen LogP contribution in [0.15, 0.2) is 53.9 Å². The van der Waals surface area contributed by atoms with Crippen LogP contribution in [0.3, 0.4) is 0 Å². The third kappa shape index (κ3) is 3.77. The van der Waals surface area contributed by atoms with Crippen molar-refractivity contribution in [3.05, 3.63) is 54.4 Å². The van der Waals surface area contributed by atoms with Crippen LogP contribution >= 0.6 is 11.8 Å². The van der Waals surface area contributed by atoms with Crippen LogP contribution in [-0.2, 0) is 4.79 Å². The van der Waals surface area contributed by atoms with Crippen LogP contribution < -0.4 is 5.32 Å². The molecule has 1 saturated carbocycles. The number of aryl methyl sites for hydroxylation is 1. The predicted octanol–water partition coefficient (Wildman–Crippen LogP) is 3.71. The molecule has 1 aliphatic carbocycles. The van der Waals surface area contributed by atoms with E-state index >= 15 is 0 Å². The monoisotopic (exact) mass is 365 g/mol. The van der Waals surface area contributed by atoms with Gasteiger partial charge < -0.3 is 5.32 Å². The van der Waals surface area contributed by atoms with Crippen LogP contribution in [-0.4, -0.2) is 31.4 Å². The van der Waals surface area contributed by atoms with E-state index in [1.807, 2.05) is 43.3 Å². The summed E-state index contributed by atoms with van der Waals surface area (Å²) in [5, 5.41) is 12.4. The highest BCUT2D eigenvalue weighted by Crippen LogP contribution is 2.40. The highest BCUT2D eigenvalue weighted by molar-refractivity contribution is 7.99. The number of aromatic nitrogens is 4. The summed E-state index contributed by atoms with van der Waals surface area (Å²) in [5.74, 6) is 1.07. The standard InChI is InChI=1S/C19H19N5OS/c1-13-4-2-6-15(10-13)21-17(25)12-26-19-23-22-18(24(19)16-7-8-16)14-5-3-9-20-11-14/h2-6,9-11,16H,7-8,12H2,1H3,(H,21,25). The van der Waals surface area contributed by atoms with Crippen molar-refractivity contribution in [3.8, 4) is 11.4 Å². The van der Waals surface area contributed by atoms with Crippen molar-refractivity contribution in [2.24, 2.45) is 0 Å². The van der Waals surface area contributed by atoms with Gasteiger partial charge in [0.15, 0.2) is 11.0 Å². The lowest BCUT2D eigenvalue weighted by molar-refractivity contribution is -0.113. The van der Waals surface area contributed by atoms with Crippen molar-refractivity contribution in [1.29, 1.82) is 0 Å². The maximum absolute atomic E-state index is 12.3. The quantitative estimate of drug-likeness (QED) is 0.674. The Morgan fingerprint density at radius 1 is 1.27 bits per heavy atom. The topological polar surface area (TPSA) is 72.7 Å². The number of benzene rings is 1. The first-order chi connectivity index (χ1) is 12.7. The summed E-state index contributed by atoms with van der Waals surface area (Å²) < 4.78 is 2.14. The highest BCUT2D eigenvalue weighted by atomic mass is 32.2. The van der Waals surface area contributed by atoms with Gasteiger partial charge in [-0.2, -0.15) is 0 Å². The van der Waals surface area contributed by atoms with Crippen LogP contribution in [0, 0.1) is 6.92 Å². The maximum Gasteiger partial charge on any atom is 0.234 e. The van der Waals surface area contributed by atoms with Crippen molar-refractivity contribution in [2.45, 2.75) is 31.0 Å². The van der Waals surface area contributed by atoms with E-state index in [1.165, 1.54) is 11.8 Å². The first kappa shape index (κ1) is 16.8. The minimum Gasteiger partial charge on any atom is -0.325 e. The number of pyridine rings is 1. The fraction of sp³-hybridized carbons (Fsp3) is 0.263. The number of nitrogens with one attached hydrogen (secondary N) is 1. The van der Waals surface area contributed by atoms with Gasteiger partial charge in [0.1, 0.15) is 0 Å². The smallest absolute Gasteiger partial charge is 0.234 e. The molecule has 0 aliphatic heterocycles.